The average molecular weight is 385 g/mol. The smallest absolute Gasteiger partial charge is 0.331 e. The van der Waals surface area contributed by atoms with E-state index in [9.17, 15) is 9.59 Å². The van der Waals surface area contributed by atoms with E-state index in [2.05, 4.69) is 4.98 Å². The summed E-state index contributed by atoms with van der Waals surface area (Å²) in [6.45, 7) is 1.43. The SMILES string of the molecule is O=C(/C=C/c1nc2ccccc2s1)OCC(=O)N1CC[C@@H]2CCCC[C@H]2C1. The molecule has 2 aromatic rings. The number of para-hydroxylation sites is 1. The first-order valence-electron chi connectivity index (χ1n) is 9.67. The zero-order valence-electron chi connectivity index (χ0n) is 15.3. The first-order valence-corrected chi connectivity index (χ1v) is 10.5. The highest BCUT2D eigenvalue weighted by molar-refractivity contribution is 7.19. The van der Waals surface area contributed by atoms with Gasteiger partial charge in [-0.1, -0.05) is 31.4 Å². The second-order valence-electron chi connectivity index (χ2n) is 7.39. The van der Waals surface area contributed by atoms with Gasteiger partial charge in [0.2, 0.25) is 0 Å². The third-order valence-electron chi connectivity index (χ3n) is 5.65. The molecule has 1 saturated heterocycles. The van der Waals surface area contributed by atoms with Gasteiger partial charge in [0.05, 0.1) is 10.2 Å². The average Bonchev–Trinajstić information content (AvgIpc) is 3.13. The number of benzene rings is 1. The lowest BCUT2D eigenvalue weighted by molar-refractivity contribution is -0.149. The third kappa shape index (κ3) is 4.38. The summed E-state index contributed by atoms with van der Waals surface area (Å²) in [7, 11) is 0. The van der Waals surface area contributed by atoms with E-state index in [4.69, 9.17) is 4.74 Å². The van der Waals surface area contributed by atoms with Crippen LogP contribution in [0.4, 0.5) is 0 Å². The Bertz CT molecular complexity index is 827. The fourth-order valence-corrected chi connectivity index (χ4v) is 5.07. The van der Waals surface area contributed by atoms with Crippen LogP contribution in [-0.2, 0) is 14.3 Å². The molecule has 2 aliphatic rings. The van der Waals surface area contributed by atoms with E-state index in [1.807, 2.05) is 29.2 Å². The molecule has 0 N–H and O–H groups in total. The van der Waals surface area contributed by atoms with Gasteiger partial charge in [-0.25, -0.2) is 9.78 Å². The maximum absolute atomic E-state index is 12.4. The lowest BCUT2D eigenvalue weighted by Crippen LogP contribution is -2.46. The van der Waals surface area contributed by atoms with E-state index >= 15 is 0 Å². The lowest BCUT2D eigenvalue weighted by Gasteiger charge is -2.41. The normalized spacial score (nSPS) is 22.7. The molecule has 2 atom stereocenters. The molecule has 0 radical (unpaired) electrons. The maximum atomic E-state index is 12.4. The van der Waals surface area contributed by atoms with Crippen molar-refractivity contribution in [2.75, 3.05) is 19.7 Å². The van der Waals surface area contributed by atoms with Crippen LogP contribution >= 0.6 is 11.3 Å². The molecule has 27 heavy (non-hydrogen) atoms. The summed E-state index contributed by atoms with van der Waals surface area (Å²) in [5.41, 5.74) is 0.914. The van der Waals surface area contributed by atoms with E-state index in [1.54, 1.807) is 6.08 Å². The molecule has 142 valence electrons. The number of nitrogens with zero attached hydrogens (tertiary/aromatic N) is 2. The number of hydrogen-bond donors (Lipinski definition) is 0. The molecule has 0 unspecified atom stereocenters. The monoisotopic (exact) mass is 384 g/mol. The molecular formula is C21H24N2O3S. The molecule has 2 fully saturated rings. The van der Waals surface area contributed by atoms with E-state index < -0.39 is 5.97 Å². The van der Waals surface area contributed by atoms with Gasteiger partial charge in [-0.05, 0) is 42.9 Å². The van der Waals surface area contributed by atoms with Crippen molar-refractivity contribution < 1.29 is 14.3 Å². The van der Waals surface area contributed by atoms with Crippen LogP contribution in [0.2, 0.25) is 0 Å². The van der Waals surface area contributed by atoms with Crippen LogP contribution in [0.25, 0.3) is 16.3 Å². The number of ether oxygens (including phenoxy) is 1. The number of esters is 1. The fraction of sp³-hybridized carbons (Fsp3) is 0.476. The summed E-state index contributed by atoms with van der Waals surface area (Å²) in [4.78, 5) is 30.6. The first kappa shape index (κ1) is 18.2. The first-order chi connectivity index (χ1) is 13.2. The number of amides is 1. The van der Waals surface area contributed by atoms with Gasteiger partial charge in [-0.2, -0.15) is 0 Å². The molecule has 6 heteroatoms. The zero-order chi connectivity index (χ0) is 18.6. The van der Waals surface area contributed by atoms with Crippen LogP contribution in [0.3, 0.4) is 0 Å². The highest BCUT2D eigenvalue weighted by Gasteiger charge is 2.32. The number of rotatable bonds is 4. The summed E-state index contributed by atoms with van der Waals surface area (Å²) in [5.74, 6) is 0.823. The quantitative estimate of drug-likeness (QED) is 0.593. The second-order valence-corrected chi connectivity index (χ2v) is 8.46. The van der Waals surface area contributed by atoms with Gasteiger partial charge in [0.1, 0.15) is 5.01 Å². The van der Waals surface area contributed by atoms with E-state index in [0.29, 0.717) is 5.92 Å². The topological polar surface area (TPSA) is 59.5 Å². The van der Waals surface area contributed by atoms with Crippen molar-refractivity contribution in [3.8, 4) is 0 Å². The summed E-state index contributed by atoms with van der Waals surface area (Å²) < 4.78 is 6.22. The Labute approximate surface area is 163 Å². The van der Waals surface area contributed by atoms with Gasteiger partial charge in [0.15, 0.2) is 6.61 Å². The molecule has 5 nitrogen and oxygen atoms in total. The minimum absolute atomic E-state index is 0.0826. The van der Waals surface area contributed by atoms with Crippen LogP contribution < -0.4 is 0 Å². The van der Waals surface area contributed by atoms with Crippen LogP contribution in [0.15, 0.2) is 30.3 Å². The van der Waals surface area contributed by atoms with E-state index in [0.717, 1.165) is 40.7 Å². The minimum Gasteiger partial charge on any atom is -0.452 e. The highest BCUT2D eigenvalue weighted by Crippen LogP contribution is 2.36. The summed E-state index contributed by atoms with van der Waals surface area (Å²) >= 11 is 1.52. The van der Waals surface area contributed by atoms with Crippen molar-refractivity contribution >= 4 is 39.5 Å². The molecule has 4 rings (SSSR count). The Morgan fingerprint density at radius 3 is 2.85 bits per heavy atom. The predicted molar refractivity (Wildman–Crippen MR) is 106 cm³/mol. The highest BCUT2D eigenvalue weighted by atomic mass is 32.1. The molecule has 1 aliphatic carbocycles. The van der Waals surface area contributed by atoms with Crippen LogP contribution in [0.5, 0.6) is 0 Å². The number of carbonyl (C=O) groups is 2. The molecule has 1 aromatic carbocycles. The van der Waals surface area contributed by atoms with Gasteiger partial charge < -0.3 is 9.64 Å². The Morgan fingerprint density at radius 1 is 1.19 bits per heavy atom. The van der Waals surface area contributed by atoms with Crippen molar-refractivity contribution in [3.05, 3.63) is 35.3 Å². The molecule has 1 aromatic heterocycles. The Hall–Kier alpha value is -2.21. The van der Waals surface area contributed by atoms with Crippen LogP contribution in [-0.4, -0.2) is 41.5 Å². The molecule has 1 amide bonds. The van der Waals surface area contributed by atoms with Crippen molar-refractivity contribution in [1.82, 2.24) is 9.88 Å². The minimum atomic E-state index is -0.504. The van der Waals surface area contributed by atoms with Gasteiger partial charge in [-0.15, -0.1) is 11.3 Å². The van der Waals surface area contributed by atoms with Crippen LogP contribution in [0.1, 0.15) is 37.1 Å². The van der Waals surface area contributed by atoms with Gasteiger partial charge >= 0.3 is 5.97 Å². The number of hydrogen-bond acceptors (Lipinski definition) is 5. The Kier molecular flexibility index (Phi) is 5.53. The number of aromatic nitrogens is 1. The summed E-state index contributed by atoms with van der Waals surface area (Å²) in [6.07, 6.45) is 9.20. The third-order valence-corrected chi connectivity index (χ3v) is 6.66. The number of carbonyl (C=O) groups excluding carboxylic acids is 2. The standard InChI is InChI=1S/C21H24N2O3S/c24-20(23-12-11-15-5-1-2-6-16(15)13-23)14-26-21(25)10-9-19-22-17-7-3-4-8-18(17)27-19/h3-4,7-10,15-16H,1-2,5-6,11-14H2/b10-9+/t15-,16-/m0/s1. The Balaban J connectivity index is 1.26. The van der Waals surface area contributed by atoms with Crippen molar-refractivity contribution in [2.24, 2.45) is 11.8 Å². The second kappa shape index (κ2) is 8.21. The predicted octanol–water partition coefficient (Wildman–Crippen LogP) is 3.89. The molecular weight excluding hydrogens is 360 g/mol. The van der Waals surface area contributed by atoms with E-state index in [1.165, 1.54) is 43.1 Å². The molecule has 1 saturated carbocycles. The van der Waals surface area contributed by atoms with Gasteiger partial charge in [0.25, 0.3) is 5.91 Å². The van der Waals surface area contributed by atoms with Crippen molar-refractivity contribution in [1.29, 1.82) is 0 Å². The fourth-order valence-electron chi connectivity index (χ4n) is 4.20. The van der Waals surface area contributed by atoms with E-state index in [-0.39, 0.29) is 12.5 Å². The lowest BCUT2D eigenvalue weighted by atomic mass is 9.75. The zero-order valence-corrected chi connectivity index (χ0v) is 16.1. The molecule has 0 bridgehead atoms. The number of thiazole rings is 1. The Morgan fingerprint density at radius 2 is 2.00 bits per heavy atom. The van der Waals surface area contributed by atoms with Crippen LogP contribution in [0, 0.1) is 11.8 Å². The number of likely N-dealkylation sites (tertiary alicyclic amines) is 1. The number of piperidine rings is 1. The summed E-state index contributed by atoms with van der Waals surface area (Å²) in [6, 6.07) is 7.84. The molecule has 1 aliphatic heterocycles. The largest absolute Gasteiger partial charge is 0.452 e. The molecule has 2 heterocycles. The van der Waals surface area contributed by atoms with Gasteiger partial charge in [0, 0.05) is 19.2 Å². The molecule has 0 spiro atoms. The van der Waals surface area contributed by atoms with Crippen molar-refractivity contribution in [2.45, 2.75) is 32.1 Å². The maximum Gasteiger partial charge on any atom is 0.331 e. The number of fused-ring (bicyclic) bond motifs is 2. The van der Waals surface area contributed by atoms with Crippen molar-refractivity contribution in [3.63, 3.8) is 0 Å². The van der Waals surface area contributed by atoms with Gasteiger partial charge in [-0.3, -0.25) is 4.79 Å². The summed E-state index contributed by atoms with van der Waals surface area (Å²) in [5, 5.41) is 0.749.